The Labute approximate surface area is 151 Å². The Hall–Kier alpha value is -2.75. The molecular formula is C16H17F2N5O2S. The summed E-state index contributed by atoms with van der Waals surface area (Å²) in [6.07, 6.45) is 1.81. The summed E-state index contributed by atoms with van der Waals surface area (Å²) in [5.74, 6) is 0.179. The van der Waals surface area contributed by atoms with Crippen LogP contribution in [0.5, 0.6) is 11.5 Å². The molecule has 3 heterocycles. The number of carbonyl (C=O) groups excluding carboxylic acids is 1. The van der Waals surface area contributed by atoms with Crippen LogP contribution in [0.25, 0.3) is 11.2 Å². The number of rotatable bonds is 4. The minimum absolute atomic E-state index is 0.0543. The number of fused-ring (bicyclic) bond motifs is 1. The Morgan fingerprint density at radius 3 is 2.85 bits per heavy atom. The van der Waals surface area contributed by atoms with E-state index in [4.69, 9.17) is 4.74 Å². The smallest absolute Gasteiger partial charge is 0.269 e. The first kappa shape index (κ1) is 18.1. The second-order valence-electron chi connectivity index (χ2n) is 5.43. The van der Waals surface area contributed by atoms with Crippen molar-refractivity contribution in [1.82, 2.24) is 19.5 Å². The number of nitrogens with zero attached hydrogens (tertiary/aromatic N) is 3. The number of aromatic amines is 1. The molecular weight excluding hydrogens is 364 g/mol. The molecule has 0 spiro atoms. The first-order chi connectivity index (χ1) is 12.4. The molecule has 0 aliphatic heterocycles. The van der Waals surface area contributed by atoms with Gasteiger partial charge in [-0.15, -0.1) is 0 Å². The fourth-order valence-electron chi connectivity index (χ4n) is 2.57. The molecule has 0 saturated heterocycles. The van der Waals surface area contributed by atoms with E-state index in [2.05, 4.69) is 20.3 Å². The van der Waals surface area contributed by atoms with Gasteiger partial charge in [0.05, 0.1) is 17.3 Å². The average Bonchev–Trinajstić information content (AvgIpc) is 2.90. The van der Waals surface area contributed by atoms with Gasteiger partial charge in [-0.05, 0) is 12.3 Å². The number of hydrogen-bond donors (Lipinski definition) is 3. The maximum atomic E-state index is 13.8. The number of ether oxygens (including phenoxy) is 1. The maximum Gasteiger partial charge on any atom is 0.269 e. The van der Waals surface area contributed by atoms with E-state index < -0.39 is 6.43 Å². The number of amides is 1. The topological polar surface area (TPSA) is 84.8 Å². The van der Waals surface area contributed by atoms with E-state index in [9.17, 15) is 13.6 Å². The highest BCUT2D eigenvalue weighted by molar-refractivity contribution is 7.90. The van der Waals surface area contributed by atoms with Crippen LogP contribution in [0.2, 0.25) is 0 Å². The van der Waals surface area contributed by atoms with Gasteiger partial charge < -0.3 is 19.6 Å². The summed E-state index contributed by atoms with van der Waals surface area (Å²) >= 11 is 0.897. The molecule has 0 fully saturated rings. The Balaban J connectivity index is 2.09. The summed E-state index contributed by atoms with van der Waals surface area (Å²) in [5, 5.41) is 2.51. The second-order valence-corrected chi connectivity index (χ2v) is 6.30. The summed E-state index contributed by atoms with van der Waals surface area (Å²) in [5.41, 5.74) is 0.410. The van der Waals surface area contributed by atoms with Gasteiger partial charge in [-0.2, -0.15) is 11.4 Å². The lowest BCUT2D eigenvalue weighted by molar-refractivity contribution is -0.114. The number of anilines is 1. The van der Waals surface area contributed by atoms with Gasteiger partial charge in [0.25, 0.3) is 6.43 Å². The molecule has 3 rings (SSSR count). The number of aryl methyl sites for hydroxylation is 1. The normalized spacial score (nSPS) is 12.3. The van der Waals surface area contributed by atoms with Crippen molar-refractivity contribution >= 4 is 34.2 Å². The van der Waals surface area contributed by atoms with E-state index in [0.29, 0.717) is 5.65 Å². The molecule has 3 aromatic rings. The van der Waals surface area contributed by atoms with Crippen molar-refractivity contribution in [3.05, 3.63) is 34.9 Å². The van der Waals surface area contributed by atoms with Crippen LogP contribution in [0.3, 0.4) is 0 Å². The highest BCUT2D eigenvalue weighted by Crippen LogP contribution is 2.37. The molecule has 0 unspecified atom stereocenters. The first-order valence-electron chi connectivity index (χ1n) is 7.60. The number of hydrogen-bond acceptors (Lipinski definition) is 4. The fraction of sp³-hybridized carbons (Fsp3) is 0.250. The fourth-order valence-corrected chi connectivity index (χ4v) is 3.19. The predicted molar refractivity (Wildman–Crippen MR) is 96.8 cm³/mol. The van der Waals surface area contributed by atoms with Crippen LogP contribution in [0.15, 0.2) is 24.5 Å². The first-order valence-corrected chi connectivity index (χ1v) is 8.95. The quantitative estimate of drug-likeness (QED) is 0.476. The lowest BCUT2D eigenvalue weighted by Gasteiger charge is -2.12. The van der Waals surface area contributed by atoms with Gasteiger partial charge in [0.15, 0.2) is 11.4 Å². The molecule has 0 aromatic carbocycles. The lowest BCUT2D eigenvalue weighted by atomic mass is 10.2. The lowest BCUT2D eigenvalue weighted by Crippen LogP contribution is -2.07. The predicted octanol–water partition coefficient (Wildman–Crippen LogP) is 3.61. The summed E-state index contributed by atoms with van der Waals surface area (Å²) in [7, 11) is 1.70. The van der Waals surface area contributed by atoms with Crippen molar-refractivity contribution in [2.24, 2.45) is 7.05 Å². The zero-order valence-corrected chi connectivity index (χ0v) is 15.1. The molecule has 0 aliphatic carbocycles. The highest BCUT2D eigenvalue weighted by Gasteiger charge is 2.22. The van der Waals surface area contributed by atoms with Crippen LogP contribution in [0, 0.1) is 4.77 Å². The van der Waals surface area contributed by atoms with Gasteiger partial charge in [-0.25, -0.2) is 18.7 Å². The van der Waals surface area contributed by atoms with E-state index in [-0.39, 0.29) is 34.3 Å². The monoisotopic (exact) mass is 381 g/mol. The molecule has 0 atom stereocenters. The van der Waals surface area contributed by atoms with Gasteiger partial charge in [0.2, 0.25) is 5.91 Å². The molecule has 7 nitrogen and oxygen atoms in total. The van der Waals surface area contributed by atoms with Crippen molar-refractivity contribution in [3.63, 3.8) is 0 Å². The van der Waals surface area contributed by atoms with Crippen molar-refractivity contribution in [1.29, 1.82) is 0 Å². The summed E-state index contributed by atoms with van der Waals surface area (Å²) < 4.78 is 35.6. The van der Waals surface area contributed by atoms with Crippen LogP contribution >= 0.6 is 11.4 Å². The van der Waals surface area contributed by atoms with Crippen molar-refractivity contribution in [2.45, 2.75) is 13.3 Å². The number of imidazole rings is 1. The molecule has 3 aromatic heterocycles. The summed E-state index contributed by atoms with van der Waals surface area (Å²) in [6.45, 7) is 1.35. The van der Waals surface area contributed by atoms with E-state index in [1.54, 1.807) is 11.6 Å². The molecule has 1 amide bonds. The van der Waals surface area contributed by atoms with Crippen LogP contribution < -0.4 is 10.1 Å². The third-order valence-electron chi connectivity index (χ3n) is 3.63. The number of alkyl halides is 2. The van der Waals surface area contributed by atoms with Gasteiger partial charge in [-0.1, -0.05) is 0 Å². The van der Waals surface area contributed by atoms with Crippen LogP contribution in [-0.4, -0.2) is 31.7 Å². The molecule has 0 saturated carbocycles. The van der Waals surface area contributed by atoms with E-state index >= 15 is 0 Å². The molecule has 0 aliphatic rings. The van der Waals surface area contributed by atoms with Crippen molar-refractivity contribution in [3.8, 4) is 11.5 Å². The van der Waals surface area contributed by atoms with Crippen molar-refractivity contribution < 1.29 is 18.3 Å². The zero-order chi connectivity index (χ0) is 18.8. The number of H-pyrrole nitrogens is 1. The number of pyridine rings is 2. The van der Waals surface area contributed by atoms with Crippen LogP contribution in [0.4, 0.5) is 14.6 Å². The number of thiol groups is 1. The standard InChI is InChI=1S/C16H17F2N5O2S/c1-8(24)21-11-6-9(4-5-19-11)25-10-7-20-15-13(12(10)14(17)18)23(2)16(22-15)26-3/h4-7,14,26H,1-3H3,(H,20,22)(H,19,21,24). The zero-order valence-electron chi connectivity index (χ0n) is 14.2. The van der Waals surface area contributed by atoms with E-state index in [1.807, 2.05) is 6.26 Å². The molecule has 26 heavy (non-hydrogen) atoms. The number of carbonyl (C=O) groups is 1. The largest absolute Gasteiger partial charge is 0.455 e. The Kier molecular flexibility index (Phi) is 5.03. The van der Waals surface area contributed by atoms with E-state index in [1.165, 1.54) is 31.5 Å². The van der Waals surface area contributed by atoms with E-state index in [0.717, 1.165) is 16.1 Å². The third kappa shape index (κ3) is 3.45. The second kappa shape index (κ2) is 7.24. The summed E-state index contributed by atoms with van der Waals surface area (Å²) in [6, 6.07) is 2.96. The Morgan fingerprint density at radius 1 is 1.42 bits per heavy atom. The molecule has 2 N–H and O–H groups in total. The Morgan fingerprint density at radius 2 is 2.19 bits per heavy atom. The number of nitrogens with one attached hydrogen (secondary N) is 2. The van der Waals surface area contributed by atoms with Gasteiger partial charge in [-0.3, -0.25) is 4.79 Å². The molecule has 10 heteroatoms. The summed E-state index contributed by atoms with van der Waals surface area (Å²) in [4.78, 5) is 22.3. The third-order valence-corrected chi connectivity index (χ3v) is 4.47. The number of halogens is 2. The van der Waals surface area contributed by atoms with Gasteiger partial charge in [0.1, 0.15) is 16.3 Å². The number of aromatic nitrogens is 4. The molecule has 0 radical (unpaired) electrons. The minimum Gasteiger partial charge on any atom is -0.455 e. The minimum atomic E-state index is -2.75. The van der Waals surface area contributed by atoms with Crippen LogP contribution in [-0.2, 0) is 11.8 Å². The van der Waals surface area contributed by atoms with Crippen LogP contribution in [0.1, 0.15) is 18.9 Å². The SMILES string of the molecule is C/[SH]=c1/[nH]c2ncc(Oc3ccnc(NC(C)=O)c3)c(C(F)F)c2n1C. The molecule has 0 bridgehead atoms. The Bertz CT molecular complexity index is 1040. The van der Waals surface area contributed by atoms with Gasteiger partial charge in [0, 0.05) is 26.2 Å². The average molecular weight is 381 g/mol. The molecule has 138 valence electrons. The maximum absolute atomic E-state index is 13.8. The van der Waals surface area contributed by atoms with Crippen molar-refractivity contribution in [2.75, 3.05) is 11.6 Å². The van der Waals surface area contributed by atoms with Gasteiger partial charge >= 0.3 is 0 Å². The highest BCUT2D eigenvalue weighted by atomic mass is 32.1.